The fourth-order valence-electron chi connectivity index (χ4n) is 5.18. The van der Waals surface area contributed by atoms with E-state index in [9.17, 15) is 9.59 Å². The van der Waals surface area contributed by atoms with Gasteiger partial charge in [0.2, 0.25) is 0 Å². The van der Waals surface area contributed by atoms with Crippen molar-refractivity contribution in [3.63, 3.8) is 0 Å². The minimum atomic E-state index is -3.05. The number of azide groups is 1. The van der Waals surface area contributed by atoms with Crippen LogP contribution >= 0.6 is 0 Å². The molecule has 0 amide bonds. The number of aromatic nitrogens is 2. The van der Waals surface area contributed by atoms with E-state index in [1.165, 1.54) is 12.3 Å². The Morgan fingerprint density at radius 3 is 2.29 bits per heavy atom. The number of nitrogen functional groups attached to an aromatic ring is 1. The van der Waals surface area contributed by atoms with Gasteiger partial charge in [0.05, 0.1) is 13.0 Å². The summed E-state index contributed by atoms with van der Waals surface area (Å²) in [6.07, 6.45) is -4.78. The monoisotopic (exact) mass is 580 g/mol. The molecule has 0 saturated carbocycles. The van der Waals surface area contributed by atoms with Crippen LogP contribution in [0.5, 0.6) is 0 Å². The molecule has 216 valence electrons. The van der Waals surface area contributed by atoms with Gasteiger partial charge >= 0.3 is 11.7 Å². The normalized spacial score (nSPS) is 20.8. The van der Waals surface area contributed by atoms with E-state index in [-0.39, 0.29) is 30.4 Å². The van der Waals surface area contributed by atoms with Crippen molar-refractivity contribution in [3.8, 4) is 0 Å². The Morgan fingerprint density at radius 1 is 1.15 bits per heavy atom. The Bertz CT molecular complexity index is 1410. The van der Waals surface area contributed by atoms with Crippen molar-refractivity contribution >= 4 is 30.5 Å². The zero-order valence-electron chi connectivity index (χ0n) is 23.1. The van der Waals surface area contributed by atoms with E-state index in [0.717, 1.165) is 14.9 Å². The van der Waals surface area contributed by atoms with Crippen LogP contribution in [0.2, 0.25) is 5.04 Å². The van der Waals surface area contributed by atoms with Crippen molar-refractivity contribution in [2.75, 3.05) is 18.9 Å². The highest BCUT2D eigenvalue weighted by atomic mass is 28.4. The highest BCUT2D eigenvalue weighted by Crippen LogP contribution is 2.39. The van der Waals surface area contributed by atoms with Crippen LogP contribution in [0.25, 0.3) is 10.4 Å². The maximum Gasteiger partial charge on any atom is 0.351 e. The van der Waals surface area contributed by atoms with Gasteiger partial charge in [-0.1, -0.05) is 86.5 Å². The molecule has 1 fully saturated rings. The molecule has 0 radical (unpaired) electrons. The molecule has 41 heavy (non-hydrogen) atoms. The molecule has 1 saturated heterocycles. The minimum absolute atomic E-state index is 0.0211. The van der Waals surface area contributed by atoms with Crippen molar-refractivity contribution in [2.24, 2.45) is 5.11 Å². The SMILES string of the molecule is CC(C)(C)[Si](OC[C@H]1O[C@@H](n2ccc(N)nc2=O)[C@@H](F)C1OC(=O)CCN=[N+]=[N-])(c1ccccc1)c1ccccc1. The molecule has 11 nitrogen and oxygen atoms in total. The summed E-state index contributed by atoms with van der Waals surface area (Å²) in [6, 6.07) is 21.1. The number of esters is 1. The van der Waals surface area contributed by atoms with Gasteiger partial charge in [0, 0.05) is 17.7 Å². The summed E-state index contributed by atoms with van der Waals surface area (Å²) in [4.78, 5) is 31.4. The lowest BCUT2D eigenvalue weighted by Gasteiger charge is -2.43. The first kappa shape index (κ1) is 29.9. The van der Waals surface area contributed by atoms with Gasteiger partial charge in [-0.2, -0.15) is 4.98 Å². The third-order valence-electron chi connectivity index (χ3n) is 7.02. The van der Waals surface area contributed by atoms with Crippen molar-refractivity contribution < 1.29 is 23.1 Å². The number of nitrogens with zero attached hydrogens (tertiary/aromatic N) is 5. The largest absolute Gasteiger partial charge is 0.456 e. The van der Waals surface area contributed by atoms with E-state index in [4.69, 9.17) is 25.2 Å². The number of anilines is 1. The van der Waals surface area contributed by atoms with Crippen molar-refractivity contribution in [2.45, 2.75) is 56.8 Å². The lowest BCUT2D eigenvalue weighted by molar-refractivity contribution is -0.154. The first-order chi connectivity index (χ1) is 19.6. The highest BCUT2D eigenvalue weighted by Gasteiger charge is 2.54. The summed E-state index contributed by atoms with van der Waals surface area (Å²) in [5.74, 6) is -0.792. The number of hydrogen-bond donors (Lipinski definition) is 1. The number of rotatable bonds is 10. The first-order valence-corrected chi connectivity index (χ1v) is 15.1. The Labute approximate surface area is 237 Å². The number of carbonyl (C=O) groups is 1. The van der Waals surface area contributed by atoms with Gasteiger partial charge in [-0.3, -0.25) is 9.36 Å². The van der Waals surface area contributed by atoms with E-state index in [1.807, 2.05) is 60.7 Å². The highest BCUT2D eigenvalue weighted by molar-refractivity contribution is 6.99. The fraction of sp³-hybridized carbons (Fsp3) is 0.393. The van der Waals surface area contributed by atoms with Crippen LogP contribution in [-0.4, -0.2) is 55.4 Å². The second-order valence-corrected chi connectivity index (χ2v) is 15.0. The van der Waals surface area contributed by atoms with Gasteiger partial charge < -0.3 is 19.6 Å². The molecule has 1 aliphatic heterocycles. The lowest BCUT2D eigenvalue weighted by atomic mass is 10.1. The number of carbonyl (C=O) groups excluding carboxylic acids is 1. The van der Waals surface area contributed by atoms with Gasteiger partial charge in [-0.25, -0.2) is 9.18 Å². The molecule has 2 aromatic carbocycles. The summed E-state index contributed by atoms with van der Waals surface area (Å²) in [5, 5.41) is 4.98. The van der Waals surface area contributed by atoms with Crippen LogP contribution in [0.4, 0.5) is 10.2 Å². The molecule has 0 spiro atoms. The van der Waals surface area contributed by atoms with Crippen LogP contribution in [0.3, 0.4) is 0 Å². The van der Waals surface area contributed by atoms with Crippen LogP contribution in [0.1, 0.15) is 33.4 Å². The summed E-state index contributed by atoms with van der Waals surface area (Å²) in [6.45, 7) is 6.02. The number of nitrogens with two attached hydrogens (primary N) is 1. The summed E-state index contributed by atoms with van der Waals surface area (Å²) in [5.41, 5.74) is 13.3. The number of alkyl halides is 1. The first-order valence-electron chi connectivity index (χ1n) is 13.2. The molecule has 2 heterocycles. The van der Waals surface area contributed by atoms with Gasteiger partial charge in [0.25, 0.3) is 8.32 Å². The summed E-state index contributed by atoms with van der Waals surface area (Å²) < 4.78 is 35.4. The van der Waals surface area contributed by atoms with Gasteiger partial charge in [0.15, 0.2) is 18.5 Å². The van der Waals surface area contributed by atoms with Gasteiger partial charge in [0.1, 0.15) is 11.9 Å². The quantitative estimate of drug-likeness (QED) is 0.127. The molecular formula is C28H33FN6O5Si. The standard InChI is InChI=1S/C28H33FN6O5Si/c1-28(2,3)41(19-10-6-4-7-11-19,20-12-8-5-9-13-20)38-18-21-25(40-23(36)14-16-32-34-31)24(29)26(39-21)35-17-15-22(30)33-27(35)37/h4-13,15,17,21,24-26H,14,16,18H2,1-3H3,(H2,30,33,37)/t21-,24+,25?,26-/m1/s1. The smallest absolute Gasteiger partial charge is 0.351 e. The molecular weight excluding hydrogens is 547 g/mol. The number of ether oxygens (including phenoxy) is 2. The molecule has 0 aliphatic carbocycles. The number of halogens is 1. The third kappa shape index (κ3) is 6.33. The van der Waals surface area contributed by atoms with Crippen LogP contribution in [0, 0.1) is 0 Å². The second-order valence-electron chi connectivity index (χ2n) is 10.7. The van der Waals surface area contributed by atoms with Crippen LogP contribution < -0.4 is 21.8 Å². The molecule has 1 aromatic heterocycles. The van der Waals surface area contributed by atoms with Crippen molar-refractivity contribution in [3.05, 3.63) is 93.9 Å². The topological polar surface area (TPSA) is 154 Å². The zero-order valence-corrected chi connectivity index (χ0v) is 24.1. The van der Waals surface area contributed by atoms with Gasteiger partial charge in [-0.05, 0) is 27.0 Å². The zero-order chi connectivity index (χ0) is 29.6. The maximum absolute atomic E-state index is 16.0. The van der Waals surface area contributed by atoms with E-state index in [2.05, 4.69) is 35.8 Å². The Kier molecular flexibility index (Phi) is 9.23. The lowest BCUT2D eigenvalue weighted by Crippen LogP contribution is -2.67. The number of hydrogen-bond acceptors (Lipinski definition) is 8. The third-order valence-corrected chi connectivity index (χ3v) is 12.0. The molecule has 1 aliphatic rings. The Morgan fingerprint density at radius 2 is 1.76 bits per heavy atom. The van der Waals surface area contributed by atoms with Crippen molar-refractivity contribution in [1.82, 2.24) is 9.55 Å². The predicted molar refractivity (Wildman–Crippen MR) is 154 cm³/mol. The fourth-order valence-corrected chi connectivity index (χ4v) is 9.75. The molecule has 13 heteroatoms. The van der Waals surface area contributed by atoms with Crippen molar-refractivity contribution in [1.29, 1.82) is 0 Å². The maximum atomic E-state index is 16.0. The Hall–Kier alpha value is -4.03. The molecule has 3 aromatic rings. The predicted octanol–water partition coefficient (Wildman–Crippen LogP) is 3.25. The summed E-state index contributed by atoms with van der Waals surface area (Å²) >= 11 is 0. The van der Waals surface area contributed by atoms with Crippen LogP contribution in [-0.2, 0) is 18.7 Å². The molecule has 2 N–H and O–H groups in total. The second kappa shape index (κ2) is 12.6. The minimum Gasteiger partial charge on any atom is -0.456 e. The van der Waals surface area contributed by atoms with E-state index in [0.29, 0.717) is 0 Å². The Balaban J connectivity index is 1.71. The van der Waals surface area contributed by atoms with E-state index in [1.54, 1.807) is 0 Å². The average molecular weight is 581 g/mol. The summed E-state index contributed by atoms with van der Waals surface area (Å²) in [7, 11) is -3.05. The number of benzene rings is 2. The van der Waals surface area contributed by atoms with E-state index < -0.39 is 44.6 Å². The molecule has 4 rings (SSSR count). The van der Waals surface area contributed by atoms with Crippen LogP contribution in [0.15, 0.2) is 82.8 Å². The molecule has 0 bridgehead atoms. The molecule has 4 atom stereocenters. The van der Waals surface area contributed by atoms with Gasteiger partial charge in [-0.15, -0.1) is 0 Å². The molecule has 1 unspecified atom stereocenters. The average Bonchev–Trinajstić information content (AvgIpc) is 3.24. The van der Waals surface area contributed by atoms with E-state index >= 15 is 4.39 Å².